The van der Waals surface area contributed by atoms with E-state index in [-0.39, 0.29) is 5.56 Å². The number of hydrogen-bond acceptors (Lipinski definition) is 6. The Morgan fingerprint density at radius 3 is 2.65 bits per heavy atom. The Kier molecular flexibility index (Phi) is 5.63. The van der Waals surface area contributed by atoms with Gasteiger partial charge >= 0.3 is 0 Å². The van der Waals surface area contributed by atoms with Crippen molar-refractivity contribution >= 4 is 23.0 Å². The number of benzene rings is 1. The molecule has 5 N–H and O–H groups in total. The molecule has 142 valence electrons. The van der Waals surface area contributed by atoms with Gasteiger partial charge in [0.05, 0.1) is 35.7 Å². The molecule has 0 unspecified atom stereocenters. The van der Waals surface area contributed by atoms with Crippen LogP contribution in [0.3, 0.4) is 0 Å². The van der Waals surface area contributed by atoms with Crippen LogP contribution in [0.15, 0.2) is 12.1 Å². The summed E-state index contributed by atoms with van der Waals surface area (Å²) in [4.78, 5) is 18.4. The lowest BCUT2D eigenvalue weighted by molar-refractivity contribution is 0.0221. The Morgan fingerprint density at radius 1 is 1.42 bits per heavy atom. The molecule has 0 aliphatic carbocycles. The van der Waals surface area contributed by atoms with Crippen LogP contribution in [0.2, 0.25) is 0 Å². The molecule has 0 fully saturated rings. The Balaban J connectivity index is 2.33. The van der Waals surface area contributed by atoms with Crippen LogP contribution >= 0.6 is 0 Å². The number of aromatic nitrogens is 3. The summed E-state index contributed by atoms with van der Waals surface area (Å²) in [5.74, 6) is -2.42. The molecule has 1 aromatic heterocycles. The number of hydrogen-bond donors (Lipinski definition) is 4. The van der Waals surface area contributed by atoms with Gasteiger partial charge in [0.1, 0.15) is 5.82 Å². The fourth-order valence-electron chi connectivity index (χ4n) is 2.41. The summed E-state index contributed by atoms with van der Waals surface area (Å²) in [6.45, 7) is 2.08. The largest absolute Gasteiger partial charge is 0.397 e. The van der Waals surface area contributed by atoms with Gasteiger partial charge in [0, 0.05) is 21.0 Å². The zero-order valence-corrected chi connectivity index (χ0v) is 15.2. The highest BCUT2D eigenvalue weighted by atomic mass is 19.3. The summed E-state index contributed by atoms with van der Waals surface area (Å²) in [6, 6.07) is 3.15. The fraction of sp³-hybridized carbons (Fsp3) is 0.438. The Labute approximate surface area is 150 Å². The van der Waals surface area contributed by atoms with Crippen molar-refractivity contribution < 1.29 is 13.6 Å². The molecule has 0 atom stereocenters. The number of nitrogens with two attached hydrogens (primary N) is 1. The third-order valence-electron chi connectivity index (χ3n) is 3.67. The second-order valence-corrected chi connectivity index (χ2v) is 6.15. The molecule has 1 amide bonds. The summed E-state index contributed by atoms with van der Waals surface area (Å²) in [7, 11) is 3.45. The Hall–Kier alpha value is -2.91. The van der Waals surface area contributed by atoms with Crippen molar-refractivity contribution in [3.05, 3.63) is 29.3 Å². The van der Waals surface area contributed by atoms with Crippen molar-refractivity contribution in [1.29, 1.82) is 0 Å². The molecular formula is C16H23F2N7O. The maximum atomic E-state index is 13.1. The molecule has 0 spiro atoms. The topological polar surface area (TPSA) is 112 Å². The van der Waals surface area contributed by atoms with Crippen molar-refractivity contribution in [2.24, 2.45) is 0 Å². The van der Waals surface area contributed by atoms with Gasteiger partial charge in [-0.05, 0) is 19.1 Å². The van der Waals surface area contributed by atoms with Crippen LogP contribution in [0.4, 0.5) is 25.8 Å². The lowest BCUT2D eigenvalue weighted by Gasteiger charge is -2.23. The number of rotatable bonds is 7. The molecule has 0 saturated carbocycles. The standard InChI is InChI=1S/C16H23F2N7O/c1-9-22-14(24-23-9)7-25(4)13-6-12(20-3)11(19)5-10(13)15(26)21-8-16(2,17)18/h5-6,20H,7-8,19H2,1-4H3,(H,21,26)(H,22,23,24). The van der Waals surface area contributed by atoms with Gasteiger partial charge in [-0.3, -0.25) is 9.89 Å². The zero-order valence-electron chi connectivity index (χ0n) is 15.2. The first kappa shape index (κ1) is 19.4. The molecule has 1 aromatic carbocycles. The molecule has 0 aliphatic heterocycles. The number of alkyl halides is 2. The number of aromatic amines is 1. The van der Waals surface area contributed by atoms with Gasteiger partial charge in [-0.1, -0.05) is 0 Å². The molecule has 0 aliphatic rings. The highest BCUT2D eigenvalue weighted by Crippen LogP contribution is 2.30. The van der Waals surface area contributed by atoms with Crippen LogP contribution in [0, 0.1) is 6.92 Å². The van der Waals surface area contributed by atoms with E-state index in [1.165, 1.54) is 6.07 Å². The third kappa shape index (κ3) is 4.80. The summed E-state index contributed by atoms with van der Waals surface area (Å²) < 4.78 is 26.1. The zero-order chi connectivity index (χ0) is 19.5. The van der Waals surface area contributed by atoms with Crippen LogP contribution in [-0.4, -0.2) is 47.7 Å². The molecular weight excluding hydrogens is 344 g/mol. The molecule has 10 heteroatoms. The summed E-state index contributed by atoms with van der Waals surface area (Å²) in [5.41, 5.74) is 7.61. The minimum Gasteiger partial charge on any atom is -0.397 e. The van der Waals surface area contributed by atoms with Crippen LogP contribution in [-0.2, 0) is 6.54 Å². The van der Waals surface area contributed by atoms with Gasteiger partial charge in [-0.2, -0.15) is 5.10 Å². The number of nitrogens with zero attached hydrogens (tertiary/aromatic N) is 3. The fourth-order valence-corrected chi connectivity index (χ4v) is 2.41. The van der Waals surface area contributed by atoms with Crippen molar-refractivity contribution in [3.63, 3.8) is 0 Å². The van der Waals surface area contributed by atoms with E-state index in [0.717, 1.165) is 6.92 Å². The monoisotopic (exact) mass is 367 g/mol. The van der Waals surface area contributed by atoms with E-state index in [2.05, 4.69) is 25.8 Å². The average Bonchev–Trinajstić information content (AvgIpc) is 2.96. The van der Waals surface area contributed by atoms with Crippen molar-refractivity contribution in [1.82, 2.24) is 20.5 Å². The van der Waals surface area contributed by atoms with Crippen LogP contribution in [0.1, 0.15) is 28.9 Å². The molecule has 1 heterocycles. The second kappa shape index (κ2) is 7.54. The predicted molar refractivity (Wildman–Crippen MR) is 96.6 cm³/mol. The highest BCUT2D eigenvalue weighted by molar-refractivity contribution is 6.02. The third-order valence-corrected chi connectivity index (χ3v) is 3.67. The quantitative estimate of drug-likeness (QED) is 0.555. The number of carbonyl (C=O) groups excluding carboxylic acids is 1. The SMILES string of the molecule is CNc1cc(N(C)Cc2n[nH]c(C)n2)c(C(=O)NCC(C)(F)F)cc1N. The number of carbonyl (C=O) groups is 1. The predicted octanol–water partition coefficient (Wildman–Crippen LogP) is 1.76. The number of halogens is 2. The summed E-state index contributed by atoms with van der Waals surface area (Å²) >= 11 is 0. The van der Waals surface area contributed by atoms with E-state index in [9.17, 15) is 13.6 Å². The lowest BCUT2D eigenvalue weighted by Crippen LogP contribution is -2.35. The number of amides is 1. The van der Waals surface area contributed by atoms with Crippen LogP contribution < -0.4 is 21.3 Å². The second-order valence-electron chi connectivity index (χ2n) is 6.15. The minimum atomic E-state index is -3.01. The molecule has 2 rings (SSSR count). The van der Waals surface area contributed by atoms with Gasteiger partial charge in [0.2, 0.25) is 0 Å². The normalized spacial score (nSPS) is 11.3. The molecule has 8 nitrogen and oxygen atoms in total. The van der Waals surface area contributed by atoms with E-state index < -0.39 is 18.4 Å². The van der Waals surface area contributed by atoms with E-state index in [1.54, 1.807) is 32.0 Å². The van der Waals surface area contributed by atoms with E-state index in [0.29, 0.717) is 35.3 Å². The molecule has 0 bridgehead atoms. The minimum absolute atomic E-state index is 0.195. The maximum absolute atomic E-state index is 13.1. The summed E-state index contributed by atoms with van der Waals surface area (Å²) in [6.07, 6.45) is 0. The van der Waals surface area contributed by atoms with Crippen molar-refractivity contribution in [2.75, 3.05) is 36.6 Å². The van der Waals surface area contributed by atoms with Crippen molar-refractivity contribution in [3.8, 4) is 0 Å². The van der Waals surface area contributed by atoms with Crippen LogP contribution in [0.25, 0.3) is 0 Å². The van der Waals surface area contributed by atoms with Crippen LogP contribution in [0.5, 0.6) is 0 Å². The smallest absolute Gasteiger partial charge is 0.262 e. The molecule has 26 heavy (non-hydrogen) atoms. The van der Waals surface area contributed by atoms with Gasteiger partial charge < -0.3 is 21.3 Å². The first-order chi connectivity index (χ1) is 12.1. The van der Waals surface area contributed by atoms with Crippen molar-refractivity contribution in [2.45, 2.75) is 26.3 Å². The summed E-state index contributed by atoms with van der Waals surface area (Å²) in [5, 5.41) is 12.0. The van der Waals surface area contributed by atoms with Gasteiger partial charge in [-0.15, -0.1) is 0 Å². The van der Waals surface area contributed by atoms with E-state index >= 15 is 0 Å². The number of H-pyrrole nitrogens is 1. The maximum Gasteiger partial charge on any atom is 0.262 e. The Bertz CT molecular complexity index is 785. The van der Waals surface area contributed by atoms with Gasteiger partial charge in [0.15, 0.2) is 5.82 Å². The van der Waals surface area contributed by atoms with E-state index in [1.807, 2.05) is 0 Å². The first-order valence-electron chi connectivity index (χ1n) is 7.97. The Morgan fingerprint density at radius 2 is 2.12 bits per heavy atom. The first-order valence-corrected chi connectivity index (χ1v) is 7.97. The number of aryl methyl sites for hydroxylation is 1. The average molecular weight is 367 g/mol. The molecule has 0 saturated heterocycles. The molecule has 0 radical (unpaired) electrons. The number of nitrogen functional groups attached to an aromatic ring is 1. The number of anilines is 3. The van der Waals surface area contributed by atoms with Gasteiger partial charge in [0.25, 0.3) is 11.8 Å². The van der Waals surface area contributed by atoms with E-state index in [4.69, 9.17) is 5.73 Å². The number of nitrogens with one attached hydrogen (secondary N) is 3. The molecule has 2 aromatic rings. The highest BCUT2D eigenvalue weighted by Gasteiger charge is 2.24. The lowest BCUT2D eigenvalue weighted by atomic mass is 10.1. The van der Waals surface area contributed by atoms with Gasteiger partial charge in [-0.25, -0.2) is 13.8 Å².